The van der Waals surface area contributed by atoms with Crippen molar-refractivity contribution >= 4 is 11.6 Å². The molecule has 4 N–H and O–H groups in total. The molecule has 9 unspecified atom stereocenters. The SMILES string of the molecule is Cc1ccc(NC(N)=NCC2(O)C3C4CC5C6C4CC3C6C52)cc1C. The number of nitrogens with two attached hydrogens (primary N) is 1. The molecule has 0 aromatic heterocycles. The summed E-state index contributed by atoms with van der Waals surface area (Å²) in [5, 5.41) is 14.8. The van der Waals surface area contributed by atoms with E-state index in [9.17, 15) is 5.11 Å². The zero-order valence-corrected chi connectivity index (χ0v) is 14.9. The molecule has 2 bridgehead atoms. The van der Waals surface area contributed by atoms with Gasteiger partial charge in [-0.05, 0) is 97.3 Å². The van der Waals surface area contributed by atoms with Crippen molar-refractivity contribution < 1.29 is 5.11 Å². The lowest BCUT2D eigenvalue weighted by molar-refractivity contribution is -0.123. The third-order valence-corrected chi connectivity index (χ3v) is 8.80. The third-order valence-electron chi connectivity index (χ3n) is 8.80. The lowest BCUT2D eigenvalue weighted by atomic mass is 9.56. The van der Waals surface area contributed by atoms with Crippen LogP contribution < -0.4 is 11.1 Å². The molecule has 0 radical (unpaired) electrons. The van der Waals surface area contributed by atoms with Crippen LogP contribution in [-0.4, -0.2) is 23.2 Å². The quantitative estimate of drug-likeness (QED) is 0.586. The van der Waals surface area contributed by atoms with Gasteiger partial charge in [-0.15, -0.1) is 0 Å². The van der Waals surface area contributed by atoms with Gasteiger partial charge in [0.1, 0.15) is 0 Å². The number of aliphatic imine (C=N–C) groups is 1. The van der Waals surface area contributed by atoms with Crippen molar-refractivity contribution in [3.05, 3.63) is 29.3 Å². The lowest BCUT2D eigenvalue weighted by Gasteiger charge is -2.51. The molecule has 0 heterocycles. The number of hydrogen-bond donors (Lipinski definition) is 3. The van der Waals surface area contributed by atoms with Gasteiger partial charge in [0.2, 0.25) is 0 Å². The van der Waals surface area contributed by atoms with Crippen LogP contribution in [0.3, 0.4) is 0 Å². The first kappa shape index (κ1) is 14.6. The van der Waals surface area contributed by atoms with Crippen LogP contribution in [0.2, 0.25) is 0 Å². The van der Waals surface area contributed by atoms with E-state index < -0.39 is 5.60 Å². The summed E-state index contributed by atoms with van der Waals surface area (Å²) in [6.45, 7) is 4.68. The highest BCUT2D eigenvalue weighted by atomic mass is 16.3. The van der Waals surface area contributed by atoms with Gasteiger partial charge in [0.15, 0.2) is 5.96 Å². The second kappa shape index (κ2) is 4.40. The van der Waals surface area contributed by atoms with Gasteiger partial charge in [-0.25, -0.2) is 0 Å². The second-order valence-corrected chi connectivity index (χ2v) is 9.45. The summed E-state index contributed by atoms with van der Waals surface area (Å²) in [5.41, 5.74) is 9.04. The molecule has 25 heavy (non-hydrogen) atoms. The molecular formula is C21H27N3O. The summed E-state index contributed by atoms with van der Waals surface area (Å²) in [6, 6.07) is 6.21. The van der Waals surface area contributed by atoms with E-state index in [0.29, 0.717) is 24.3 Å². The molecule has 6 rings (SSSR count). The Morgan fingerprint density at radius 2 is 1.88 bits per heavy atom. The summed E-state index contributed by atoms with van der Waals surface area (Å²) >= 11 is 0. The molecule has 9 atom stereocenters. The molecule has 4 nitrogen and oxygen atoms in total. The molecule has 4 heteroatoms. The van der Waals surface area contributed by atoms with E-state index in [1.54, 1.807) is 0 Å². The number of nitrogens with one attached hydrogen (secondary N) is 1. The van der Waals surface area contributed by atoms with E-state index in [4.69, 9.17) is 5.73 Å². The molecule has 0 spiro atoms. The van der Waals surface area contributed by atoms with Gasteiger partial charge in [0.05, 0.1) is 12.1 Å². The molecule has 1 aromatic carbocycles. The van der Waals surface area contributed by atoms with Gasteiger partial charge in [-0.2, -0.15) is 0 Å². The number of hydrogen-bond acceptors (Lipinski definition) is 2. The van der Waals surface area contributed by atoms with Crippen molar-refractivity contribution in [3.8, 4) is 0 Å². The maximum absolute atomic E-state index is 11.6. The maximum Gasteiger partial charge on any atom is 0.193 e. The Hall–Kier alpha value is -1.55. The normalized spacial score (nSPS) is 50.6. The average Bonchev–Trinajstić information content (AvgIpc) is 3.08. The second-order valence-electron chi connectivity index (χ2n) is 9.45. The van der Waals surface area contributed by atoms with E-state index in [-0.39, 0.29) is 0 Å². The Balaban J connectivity index is 1.22. The first-order chi connectivity index (χ1) is 12.0. The van der Waals surface area contributed by atoms with Crippen LogP contribution in [0.25, 0.3) is 0 Å². The van der Waals surface area contributed by atoms with E-state index in [0.717, 1.165) is 41.2 Å². The Bertz CT molecular complexity index is 798. The minimum Gasteiger partial charge on any atom is -0.387 e. The first-order valence-electron chi connectivity index (χ1n) is 9.85. The van der Waals surface area contributed by atoms with Gasteiger partial charge in [-0.3, -0.25) is 4.99 Å². The number of benzene rings is 1. The van der Waals surface area contributed by atoms with Gasteiger partial charge >= 0.3 is 0 Å². The van der Waals surface area contributed by atoms with Crippen LogP contribution in [0.1, 0.15) is 24.0 Å². The molecule has 1 aromatic rings. The maximum atomic E-state index is 11.6. The first-order valence-corrected chi connectivity index (χ1v) is 9.85. The molecule has 0 aliphatic heterocycles. The molecule has 5 saturated carbocycles. The van der Waals surface area contributed by atoms with Crippen molar-refractivity contribution in [1.82, 2.24) is 0 Å². The number of fused-ring (bicyclic) bond motifs is 2. The third kappa shape index (κ3) is 1.57. The summed E-state index contributed by atoms with van der Waals surface area (Å²) in [5.74, 6) is 6.50. The minimum absolute atomic E-state index is 0.426. The highest BCUT2D eigenvalue weighted by Gasteiger charge is 2.84. The van der Waals surface area contributed by atoms with Crippen LogP contribution in [0.15, 0.2) is 23.2 Å². The van der Waals surface area contributed by atoms with Crippen molar-refractivity contribution in [1.29, 1.82) is 0 Å². The van der Waals surface area contributed by atoms with Crippen LogP contribution >= 0.6 is 0 Å². The fourth-order valence-corrected chi connectivity index (χ4v) is 8.15. The topological polar surface area (TPSA) is 70.6 Å². The fraction of sp³-hybridized carbons (Fsp3) is 0.667. The highest BCUT2D eigenvalue weighted by molar-refractivity contribution is 5.92. The van der Waals surface area contributed by atoms with Crippen LogP contribution in [0.5, 0.6) is 0 Å². The van der Waals surface area contributed by atoms with Gasteiger partial charge in [0.25, 0.3) is 0 Å². The number of guanidine groups is 1. The summed E-state index contributed by atoms with van der Waals surface area (Å²) < 4.78 is 0. The molecule has 5 aliphatic rings. The molecule has 0 saturated heterocycles. The molecule has 5 fully saturated rings. The Labute approximate surface area is 148 Å². The molecule has 5 aliphatic carbocycles. The summed E-state index contributed by atoms with van der Waals surface area (Å²) in [6.07, 6.45) is 2.78. The predicted octanol–water partition coefficient (Wildman–Crippen LogP) is 2.54. The Morgan fingerprint density at radius 3 is 2.68 bits per heavy atom. The zero-order chi connectivity index (χ0) is 17.1. The minimum atomic E-state index is -0.583. The molecule has 132 valence electrons. The van der Waals surface area contributed by atoms with Crippen LogP contribution in [0, 0.1) is 61.2 Å². The number of rotatable bonds is 3. The Morgan fingerprint density at radius 1 is 1.12 bits per heavy atom. The molecule has 0 amide bonds. The van der Waals surface area contributed by atoms with Crippen molar-refractivity contribution in [2.45, 2.75) is 32.3 Å². The Kier molecular flexibility index (Phi) is 2.57. The van der Waals surface area contributed by atoms with Gasteiger partial charge in [0, 0.05) is 5.69 Å². The van der Waals surface area contributed by atoms with Crippen molar-refractivity contribution in [2.75, 3.05) is 11.9 Å². The standard InChI is InChI=1S/C21H27N3O/c1-9-3-4-11(5-10(9)2)24-20(22)23-8-21(25)18-13-7-14-16-12(13)6-15(18)17(16)19(14)21/h3-5,12-19,25H,6-8H2,1-2H3,(H3,22,23,24). The van der Waals surface area contributed by atoms with E-state index >= 15 is 0 Å². The van der Waals surface area contributed by atoms with E-state index in [2.05, 4.69) is 36.3 Å². The highest BCUT2D eigenvalue weighted by Crippen LogP contribution is 2.85. The van der Waals surface area contributed by atoms with Crippen molar-refractivity contribution in [2.24, 2.45) is 58.1 Å². The van der Waals surface area contributed by atoms with Crippen LogP contribution in [0.4, 0.5) is 5.69 Å². The van der Waals surface area contributed by atoms with Crippen molar-refractivity contribution in [3.63, 3.8) is 0 Å². The van der Waals surface area contributed by atoms with Gasteiger partial charge in [-0.1, -0.05) is 6.07 Å². The number of aryl methyl sites for hydroxylation is 2. The van der Waals surface area contributed by atoms with Gasteiger partial charge < -0.3 is 16.2 Å². The van der Waals surface area contributed by atoms with E-state index in [1.807, 2.05) is 6.07 Å². The summed E-state index contributed by atoms with van der Waals surface area (Å²) in [7, 11) is 0. The summed E-state index contributed by atoms with van der Waals surface area (Å²) in [4.78, 5) is 4.60. The van der Waals surface area contributed by atoms with Crippen LogP contribution in [-0.2, 0) is 0 Å². The largest absolute Gasteiger partial charge is 0.387 e. The number of aliphatic hydroxyl groups is 1. The smallest absolute Gasteiger partial charge is 0.193 e. The zero-order valence-electron chi connectivity index (χ0n) is 14.9. The molecular weight excluding hydrogens is 310 g/mol. The number of nitrogens with zero attached hydrogens (tertiary/aromatic N) is 1. The van der Waals surface area contributed by atoms with E-state index in [1.165, 1.54) is 24.0 Å². The lowest BCUT2D eigenvalue weighted by Crippen LogP contribution is -2.56. The number of anilines is 1. The predicted molar refractivity (Wildman–Crippen MR) is 98.1 cm³/mol. The fourth-order valence-electron chi connectivity index (χ4n) is 8.15. The average molecular weight is 337 g/mol. The monoisotopic (exact) mass is 337 g/mol.